The first-order chi connectivity index (χ1) is 18.4. The molecule has 9 nitrogen and oxygen atoms in total. The number of phenols is 1. The van der Waals surface area contributed by atoms with Gasteiger partial charge in [0.05, 0.1) is 23.8 Å². The maximum atomic E-state index is 9.58. The highest BCUT2D eigenvalue weighted by atomic mass is 16.5. The number of imidazole rings is 1. The van der Waals surface area contributed by atoms with Gasteiger partial charge in [0.15, 0.2) is 0 Å². The van der Waals surface area contributed by atoms with E-state index < -0.39 is 0 Å². The smallest absolute Gasteiger partial charge is 0.236 e. The number of rotatable bonds is 2. The number of aryl methyl sites for hydroxylation is 1. The fourth-order valence-corrected chi connectivity index (χ4v) is 3.78. The van der Waals surface area contributed by atoms with E-state index in [-0.39, 0.29) is 5.75 Å². The minimum Gasteiger partial charge on any atom is -0.505 e. The van der Waals surface area contributed by atoms with Crippen LogP contribution in [0.5, 0.6) is 11.5 Å². The Balaban J connectivity index is 0.000000138. The monoisotopic (exact) mass is 507 g/mol. The summed E-state index contributed by atoms with van der Waals surface area (Å²) >= 11 is 0. The van der Waals surface area contributed by atoms with Crippen LogP contribution < -0.4 is 21.9 Å². The second-order valence-electron chi connectivity index (χ2n) is 8.29. The molecule has 0 amide bonds. The first-order valence-electron chi connectivity index (χ1n) is 11.8. The van der Waals surface area contributed by atoms with E-state index in [0.717, 1.165) is 38.8 Å². The Hall–Kier alpha value is -5.31. The van der Waals surface area contributed by atoms with E-state index in [4.69, 9.17) is 21.9 Å². The molecule has 0 radical (unpaired) electrons. The molecule has 9 heteroatoms. The molecule has 2 aromatic heterocycles. The Bertz CT molecular complexity index is 1650. The van der Waals surface area contributed by atoms with E-state index in [1.165, 1.54) is 0 Å². The number of aromatic nitrogens is 4. The normalized spacial score (nSPS) is 10.3. The lowest BCUT2D eigenvalue weighted by atomic mass is 10.0. The zero-order valence-electron chi connectivity index (χ0n) is 21.1. The summed E-state index contributed by atoms with van der Waals surface area (Å²) in [5.41, 5.74) is 20.8. The number of nitrogen functional groups attached to an aromatic ring is 3. The van der Waals surface area contributed by atoms with Gasteiger partial charge in [-0.1, -0.05) is 36.4 Å². The number of anilines is 3. The number of nitrogens with two attached hydrogens (primary N) is 3. The molecule has 4 aromatic carbocycles. The fraction of sp³-hybridized carbons (Fsp3) is 0.0690. The molecule has 0 aliphatic rings. The summed E-state index contributed by atoms with van der Waals surface area (Å²) in [6, 6.07) is 26.4. The van der Waals surface area contributed by atoms with E-state index in [1.807, 2.05) is 73.7 Å². The van der Waals surface area contributed by atoms with Gasteiger partial charge in [-0.25, -0.2) is 19.5 Å². The number of aromatic hydroxyl groups is 1. The van der Waals surface area contributed by atoms with Crippen molar-refractivity contribution in [3.05, 3.63) is 103 Å². The molecule has 0 aliphatic carbocycles. The van der Waals surface area contributed by atoms with Crippen molar-refractivity contribution in [1.82, 2.24) is 19.5 Å². The summed E-state index contributed by atoms with van der Waals surface area (Å²) in [5, 5.41) is 11.6. The van der Waals surface area contributed by atoms with Crippen molar-refractivity contribution in [3.63, 3.8) is 0 Å². The minimum absolute atomic E-state index is 0.193. The van der Waals surface area contributed by atoms with E-state index in [9.17, 15) is 5.11 Å². The van der Waals surface area contributed by atoms with Crippen LogP contribution in [0.25, 0.3) is 27.8 Å². The molecule has 38 heavy (non-hydrogen) atoms. The second-order valence-corrected chi connectivity index (χ2v) is 8.29. The number of phenolic OH excluding ortho intramolecular Hbond substituents is 1. The van der Waals surface area contributed by atoms with Crippen molar-refractivity contribution in [3.8, 4) is 17.4 Å². The highest BCUT2D eigenvalue weighted by Gasteiger charge is 2.10. The Kier molecular flexibility index (Phi) is 7.88. The quantitative estimate of drug-likeness (QED) is 0.186. The van der Waals surface area contributed by atoms with Crippen LogP contribution in [0.15, 0.2) is 97.3 Å². The van der Waals surface area contributed by atoms with Gasteiger partial charge in [-0.15, -0.1) is 0 Å². The Morgan fingerprint density at radius 1 is 0.816 bits per heavy atom. The lowest BCUT2D eigenvalue weighted by Gasteiger charge is -2.06. The highest BCUT2D eigenvalue weighted by Crippen LogP contribution is 2.32. The predicted octanol–water partition coefficient (Wildman–Crippen LogP) is 5.11. The first-order valence-corrected chi connectivity index (χ1v) is 11.8. The van der Waals surface area contributed by atoms with Crippen LogP contribution in [0, 0.1) is 6.92 Å². The van der Waals surface area contributed by atoms with Crippen molar-refractivity contribution in [2.24, 2.45) is 0 Å². The topological polar surface area (TPSA) is 151 Å². The molecule has 0 spiro atoms. The number of hydrogen-bond acceptors (Lipinski definition) is 8. The van der Waals surface area contributed by atoms with E-state index >= 15 is 0 Å². The number of hydrogen-bond donors (Lipinski definition) is 4. The van der Waals surface area contributed by atoms with Gasteiger partial charge in [0, 0.05) is 23.5 Å². The van der Waals surface area contributed by atoms with Crippen molar-refractivity contribution in [1.29, 1.82) is 0 Å². The number of fused-ring (bicyclic) bond motifs is 2. The van der Waals surface area contributed by atoms with Crippen LogP contribution >= 0.6 is 0 Å². The van der Waals surface area contributed by atoms with Crippen LogP contribution in [-0.2, 0) is 0 Å². The molecule has 0 aliphatic heterocycles. The number of ether oxygens (including phenoxy) is 1. The van der Waals surface area contributed by atoms with Gasteiger partial charge in [-0.05, 0) is 66.4 Å². The summed E-state index contributed by atoms with van der Waals surface area (Å²) < 4.78 is 6.65. The number of nitrogens with zero attached hydrogens (tertiary/aromatic N) is 4. The van der Waals surface area contributed by atoms with Crippen molar-refractivity contribution < 1.29 is 9.84 Å². The summed E-state index contributed by atoms with van der Waals surface area (Å²) in [4.78, 5) is 12.6. The molecule has 0 saturated heterocycles. The third kappa shape index (κ3) is 5.73. The van der Waals surface area contributed by atoms with Crippen molar-refractivity contribution >= 4 is 39.1 Å². The van der Waals surface area contributed by atoms with Crippen LogP contribution in [0.1, 0.15) is 5.56 Å². The van der Waals surface area contributed by atoms with E-state index in [0.29, 0.717) is 17.6 Å². The van der Waals surface area contributed by atoms with Crippen LogP contribution in [0.2, 0.25) is 0 Å². The molecule has 2 heterocycles. The number of benzene rings is 4. The van der Waals surface area contributed by atoms with Gasteiger partial charge in [0.2, 0.25) is 11.9 Å². The molecule has 0 unspecified atom stereocenters. The largest absolute Gasteiger partial charge is 0.505 e. The predicted molar refractivity (Wildman–Crippen MR) is 153 cm³/mol. The maximum Gasteiger partial charge on any atom is 0.236 e. The van der Waals surface area contributed by atoms with Gasteiger partial charge in [-0.3, -0.25) is 0 Å². The zero-order chi connectivity index (χ0) is 27.1. The minimum atomic E-state index is 0.193. The Morgan fingerprint density at radius 2 is 1.47 bits per heavy atom. The zero-order valence-corrected chi connectivity index (χ0v) is 21.1. The SMILES string of the molecule is COc1ccc(N)cc1.Cc1cc2ccccc2c(N)c1O.Nc1nc2ccccc2n1-c1ncccn1. The summed E-state index contributed by atoms with van der Waals surface area (Å²) in [5.74, 6) is 1.96. The number of para-hydroxylation sites is 2. The molecule has 192 valence electrons. The van der Waals surface area contributed by atoms with Gasteiger partial charge in [0.25, 0.3) is 0 Å². The Morgan fingerprint density at radius 3 is 2.18 bits per heavy atom. The molecule has 0 fully saturated rings. The molecular formula is C29H29N7O2. The summed E-state index contributed by atoms with van der Waals surface area (Å²) in [6.45, 7) is 1.85. The fourth-order valence-electron chi connectivity index (χ4n) is 3.78. The average molecular weight is 508 g/mol. The first kappa shape index (κ1) is 25.8. The van der Waals surface area contributed by atoms with Crippen LogP contribution in [0.4, 0.5) is 17.3 Å². The molecule has 0 bridgehead atoms. The molecule has 7 N–H and O–H groups in total. The molecule has 6 aromatic rings. The standard InChI is InChI=1S/C11H9N5.C11H11NO.C7H9NO/c12-10-15-8-4-1-2-5-9(8)16(10)11-13-6-3-7-14-11;1-7-6-8-4-2-3-5-9(8)10(12)11(7)13;1-9-7-4-2-6(8)3-5-7/h1-7H,(H2,12,15);2-6,13H,12H2,1H3;2-5H,8H2,1H3. The van der Waals surface area contributed by atoms with Gasteiger partial charge in [0.1, 0.15) is 11.5 Å². The molecule has 0 atom stereocenters. The van der Waals surface area contributed by atoms with Crippen molar-refractivity contribution in [2.45, 2.75) is 6.92 Å². The highest BCUT2D eigenvalue weighted by molar-refractivity contribution is 5.96. The summed E-state index contributed by atoms with van der Waals surface area (Å²) in [6.07, 6.45) is 3.35. The lowest BCUT2D eigenvalue weighted by molar-refractivity contribution is 0.415. The molecule has 6 rings (SSSR count). The van der Waals surface area contributed by atoms with E-state index in [2.05, 4.69) is 15.0 Å². The van der Waals surface area contributed by atoms with E-state index in [1.54, 1.807) is 42.3 Å². The van der Waals surface area contributed by atoms with Crippen LogP contribution in [0.3, 0.4) is 0 Å². The van der Waals surface area contributed by atoms with Gasteiger partial charge in [-0.2, -0.15) is 0 Å². The van der Waals surface area contributed by atoms with Gasteiger partial charge >= 0.3 is 0 Å². The third-order valence-corrected chi connectivity index (χ3v) is 5.71. The van der Waals surface area contributed by atoms with Gasteiger partial charge < -0.3 is 27.0 Å². The summed E-state index contributed by atoms with van der Waals surface area (Å²) in [7, 11) is 1.63. The second kappa shape index (κ2) is 11.6. The molecular weight excluding hydrogens is 478 g/mol. The van der Waals surface area contributed by atoms with Crippen molar-refractivity contribution in [2.75, 3.05) is 24.3 Å². The average Bonchev–Trinajstić information content (AvgIpc) is 3.29. The Labute approximate surface area is 220 Å². The van der Waals surface area contributed by atoms with Crippen LogP contribution in [-0.4, -0.2) is 31.7 Å². The maximum absolute atomic E-state index is 9.58. The third-order valence-electron chi connectivity index (χ3n) is 5.71. The lowest BCUT2D eigenvalue weighted by Crippen LogP contribution is -2.04. The molecule has 0 saturated carbocycles. The number of methoxy groups -OCH3 is 1.